The number of nitrogens with two attached hydrogens (primary N) is 1. The van der Waals surface area contributed by atoms with Gasteiger partial charge in [0.25, 0.3) is 0 Å². The minimum absolute atomic E-state index is 0.390. The summed E-state index contributed by atoms with van der Waals surface area (Å²) in [5, 5.41) is 9.22. The molecule has 0 aliphatic heterocycles. The Morgan fingerprint density at radius 2 is 1.95 bits per heavy atom. The van der Waals surface area contributed by atoms with Gasteiger partial charge in [0.05, 0.1) is 11.6 Å². The monoisotopic (exact) mass is 271 g/mol. The van der Waals surface area contributed by atoms with Crippen molar-refractivity contribution in [1.29, 1.82) is 5.26 Å². The molecule has 0 unspecified atom stereocenters. The van der Waals surface area contributed by atoms with Gasteiger partial charge in [0.1, 0.15) is 0 Å². The van der Waals surface area contributed by atoms with Crippen molar-refractivity contribution in [3.63, 3.8) is 0 Å². The highest BCUT2D eigenvalue weighted by Gasteiger charge is 2.24. The quantitative estimate of drug-likeness (QED) is 0.895. The lowest BCUT2D eigenvalue weighted by Gasteiger charge is -2.36. The van der Waals surface area contributed by atoms with E-state index in [2.05, 4.69) is 24.0 Å². The van der Waals surface area contributed by atoms with Crippen molar-refractivity contribution in [3.8, 4) is 6.07 Å². The molecule has 20 heavy (non-hydrogen) atoms. The number of rotatable bonds is 5. The maximum Gasteiger partial charge on any atom is 0.0995 e. The summed E-state index contributed by atoms with van der Waals surface area (Å²) in [4.78, 5) is 2.54. The molecule has 1 saturated carbocycles. The van der Waals surface area contributed by atoms with Crippen molar-refractivity contribution in [2.45, 2.75) is 57.7 Å². The van der Waals surface area contributed by atoms with Crippen LogP contribution in [0.2, 0.25) is 0 Å². The summed E-state index contributed by atoms with van der Waals surface area (Å²) in [5.41, 5.74) is 7.97. The first-order valence-corrected chi connectivity index (χ1v) is 7.72. The Morgan fingerprint density at radius 3 is 2.60 bits per heavy atom. The van der Waals surface area contributed by atoms with E-state index in [1.165, 1.54) is 12.8 Å². The Bertz CT molecular complexity index is 456. The Balaban J connectivity index is 2.07. The molecule has 1 aromatic carbocycles. The molecule has 108 valence electrons. The van der Waals surface area contributed by atoms with Crippen molar-refractivity contribution in [2.24, 2.45) is 5.73 Å². The lowest BCUT2D eigenvalue weighted by Crippen LogP contribution is -2.41. The molecule has 1 fully saturated rings. The molecule has 2 N–H and O–H groups in total. The second kappa shape index (κ2) is 7.42. The van der Waals surface area contributed by atoms with Gasteiger partial charge in [-0.25, -0.2) is 0 Å². The molecule has 2 rings (SSSR count). The third-order valence-electron chi connectivity index (χ3n) is 4.28. The molecule has 1 aliphatic carbocycles. The third kappa shape index (κ3) is 3.82. The van der Waals surface area contributed by atoms with Crippen LogP contribution in [-0.4, -0.2) is 23.5 Å². The maximum atomic E-state index is 9.22. The van der Waals surface area contributed by atoms with Crippen LogP contribution in [0.5, 0.6) is 0 Å². The number of nitriles is 1. The van der Waals surface area contributed by atoms with Crippen LogP contribution in [0.15, 0.2) is 24.3 Å². The van der Waals surface area contributed by atoms with Crippen LogP contribution in [0, 0.1) is 11.3 Å². The number of nitrogens with zero attached hydrogens (tertiary/aromatic N) is 2. The van der Waals surface area contributed by atoms with Crippen LogP contribution in [0.1, 0.15) is 50.2 Å². The Labute approximate surface area is 122 Å². The predicted octanol–water partition coefficient (Wildman–Crippen LogP) is 3.04. The number of hydrogen-bond donors (Lipinski definition) is 1. The highest BCUT2D eigenvalue weighted by molar-refractivity contribution is 5.37. The van der Waals surface area contributed by atoms with Crippen LogP contribution in [0.25, 0.3) is 0 Å². The highest BCUT2D eigenvalue weighted by atomic mass is 15.2. The lowest BCUT2D eigenvalue weighted by molar-refractivity contribution is 0.142. The normalized spacial score (nSPS) is 22.7. The van der Waals surface area contributed by atoms with E-state index in [0.717, 1.165) is 43.5 Å². The van der Waals surface area contributed by atoms with Gasteiger partial charge in [0.15, 0.2) is 0 Å². The first kappa shape index (κ1) is 15.0. The van der Waals surface area contributed by atoms with Crippen molar-refractivity contribution in [2.75, 3.05) is 6.54 Å². The van der Waals surface area contributed by atoms with Gasteiger partial charge >= 0.3 is 0 Å². The maximum absolute atomic E-state index is 9.22. The summed E-state index contributed by atoms with van der Waals surface area (Å²) in [6, 6.07) is 11.3. The van der Waals surface area contributed by atoms with Gasteiger partial charge in [0.2, 0.25) is 0 Å². The van der Waals surface area contributed by atoms with Crippen molar-refractivity contribution < 1.29 is 0 Å². The predicted molar refractivity (Wildman–Crippen MR) is 82.1 cm³/mol. The zero-order chi connectivity index (χ0) is 14.4. The molecule has 0 bridgehead atoms. The second-order valence-electron chi connectivity index (χ2n) is 5.81. The van der Waals surface area contributed by atoms with Gasteiger partial charge in [-0.3, -0.25) is 4.90 Å². The van der Waals surface area contributed by atoms with E-state index in [4.69, 9.17) is 5.73 Å². The molecule has 0 radical (unpaired) electrons. The van der Waals surface area contributed by atoms with Gasteiger partial charge < -0.3 is 5.73 Å². The minimum Gasteiger partial charge on any atom is -0.328 e. The molecule has 3 heteroatoms. The first-order valence-electron chi connectivity index (χ1n) is 7.72. The second-order valence-corrected chi connectivity index (χ2v) is 5.81. The topological polar surface area (TPSA) is 53.0 Å². The highest BCUT2D eigenvalue weighted by Crippen LogP contribution is 2.24. The first-order chi connectivity index (χ1) is 9.74. The zero-order valence-corrected chi connectivity index (χ0v) is 12.4. The SMILES string of the molecule is CCCN(Cc1ccccc1C#N)C1CCC(N)CC1. The molecule has 0 amide bonds. The van der Waals surface area contributed by atoms with Crippen molar-refractivity contribution in [1.82, 2.24) is 4.90 Å². The van der Waals surface area contributed by atoms with E-state index in [9.17, 15) is 5.26 Å². The Morgan fingerprint density at radius 1 is 1.25 bits per heavy atom. The third-order valence-corrected chi connectivity index (χ3v) is 4.28. The van der Waals surface area contributed by atoms with Crippen LogP contribution >= 0.6 is 0 Å². The number of benzene rings is 1. The van der Waals surface area contributed by atoms with Crippen LogP contribution in [0.4, 0.5) is 0 Å². The molecular weight excluding hydrogens is 246 g/mol. The largest absolute Gasteiger partial charge is 0.328 e. The summed E-state index contributed by atoms with van der Waals surface area (Å²) < 4.78 is 0. The summed E-state index contributed by atoms with van der Waals surface area (Å²) in [6.07, 6.45) is 5.79. The molecule has 0 atom stereocenters. The van der Waals surface area contributed by atoms with Crippen LogP contribution in [0.3, 0.4) is 0 Å². The zero-order valence-electron chi connectivity index (χ0n) is 12.4. The molecule has 1 aromatic rings. The minimum atomic E-state index is 0.390. The molecule has 1 aliphatic rings. The molecule has 0 heterocycles. The smallest absolute Gasteiger partial charge is 0.0995 e. The van der Waals surface area contributed by atoms with Crippen LogP contribution < -0.4 is 5.73 Å². The number of hydrogen-bond acceptors (Lipinski definition) is 3. The summed E-state index contributed by atoms with van der Waals surface area (Å²) in [7, 11) is 0. The molecule has 3 nitrogen and oxygen atoms in total. The Hall–Kier alpha value is -1.37. The summed E-state index contributed by atoms with van der Waals surface area (Å²) in [6.45, 7) is 4.20. The van der Waals surface area contributed by atoms with Crippen molar-refractivity contribution in [3.05, 3.63) is 35.4 Å². The van der Waals surface area contributed by atoms with E-state index < -0.39 is 0 Å². The summed E-state index contributed by atoms with van der Waals surface area (Å²) in [5.74, 6) is 0. The fraction of sp³-hybridized carbons (Fsp3) is 0.588. The van der Waals surface area contributed by atoms with Crippen LogP contribution in [-0.2, 0) is 6.54 Å². The fourth-order valence-corrected chi connectivity index (χ4v) is 3.13. The van der Waals surface area contributed by atoms with E-state index in [1.807, 2.05) is 18.2 Å². The summed E-state index contributed by atoms with van der Waals surface area (Å²) >= 11 is 0. The van der Waals surface area contributed by atoms with E-state index in [1.54, 1.807) is 0 Å². The average molecular weight is 271 g/mol. The molecule has 0 spiro atoms. The van der Waals surface area contributed by atoms with E-state index in [0.29, 0.717) is 12.1 Å². The van der Waals surface area contributed by atoms with Crippen molar-refractivity contribution >= 4 is 0 Å². The fourth-order valence-electron chi connectivity index (χ4n) is 3.13. The van der Waals surface area contributed by atoms with Gasteiger partial charge in [-0.15, -0.1) is 0 Å². The van der Waals surface area contributed by atoms with Gasteiger partial charge in [-0.1, -0.05) is 25.1 Å². The van der Waals surface area contributed by atoms with E-state index >= 15 is 0 Å². The molecule has 0 aromatic heterocycles. The van der Waals surface area contributed by atoms with Gasteiger partial charge in [0, 0.05) is 18.6 Å². The van der Waals surface area contributed by atoms with Gasteiger partial charge in [-0.05, 0) is 50.3 Å². The average Bonchev–Trinajstić information content (AvgIpc) is 2.48. The van der Waals surface area contributed by atoms with Gasteiger partial charge in [-0.2, -0.15) is 5.26 Å². The molecular formula is C17H25N3. The molecule has 0 saturated heterocycles. The standard InChI is InChI=1S/C17H25N3/c1-2-11-20(17-9-7-16(19)8-10-17)13-15-6-4-3-5-14(15)12-18/h3-6,16-17H,2,7-11,13,19H2,1H3. The Kier molecular flexibility index (Phi) is 5.58. The lowest BCUT2D eigenvalue weighted by atomic mass is 9.90. The van der Waals surface area contributed by atoms with E-state index in [-0.39, 0.29) is 0 Å².